The predicted octanol–water partition coefficient (Wildman–Crippen LogP) is 4.79. The molecular weight excluding hydrogens is 444 g/mol. The Balaban J connectivity index is 1.65. The van der Waals surface area contributed by atoms with Crippen molar-refractivity contribution >= 4 is 23.5 Å². The van der Waals surface area contributed by atoms with Crippen LogP contribution in [0.1, 0.15) is 62.6 Å². The number of anilines is 1. The van der Waals surface area contributed by atoms with E-state index in [1.165, 1.54) is 0 Å². The number of carbonyl (C=O) groups is 3. The smallest absolute Gasteiger partial charge is 0.326 e. The first kappa shape index (κ1) is 26.3. The number of carbonyl (C=O) groups excluding carboxylic acids is 2. The van der Waals surface area contributed by atoms with Gasteiger partial charge in [0.2, 0.25) is 5.91 Å². The first-order chi connectivity index (χ1) is 16.6. The molecule has 1 aliphatic rings. The van der Waals surface area contributed by atoms with Crippen molar-refractivity contribution in [2.45, 2.75) is 77.9 Å². The van der Waals surface area contributed by atoms with E-state index in [0.29, 0.717) is 25.0 Å². The molecule has 0 aliphatic heterocycles. The summed E-state index contributed by atoms with van der Waals surface area (Å²) in [6.45, 7) is 7.70. The van der Waals surface area contributed by atoms with E-state index >= 15 is 0 Å². The van der Waals surface area contributed by atoms with E-state index < -0.39 is 17.6 Å². The molecule has 1 fully saturated rings. The lowest BCUT2D eigenvalue weighted by molar-refractivity contribution is -0.147. The first-order valence-corrected chi connectivity index (χ1v) is 12.3. The molecule has 0 spiro atoms. The fourth-order valence-corrected chi connectivity index (χ4v) is 4.62. The molecule has 0 bridgehead atoms. The van der Waals surface area contributed by atoms with Gasteiger partial charge in [0.25, 0.3) is 5.91 Å². The molecule has 2 aromatic carbocycles. The Hall–Kier alpha value is -3.35. The highest BCUT2D eigenvalue weighted by atomic mass is 16.5. The number of aryl methyl sites for hydroxylation is 2. The molecule has 0 saturated heterocycles. The molecule has 1 saturated carbocycles. The molecule has 0 heterocycles. The van der Waals surface area contributed by atoms with Gasteiger partial charge in [-0.1, -0.05) is 38.5 Å². The summed E-state index contributed by atoms with van der Waals surface area (Å²) in [6, 6.07) is 12.1. The van der Waals surface area contributed by atoms with Crippen LogP contribution in [0.4, 0.5) is 5.69 Å². The summed E-state index contributed by atoms with van der Waals surface area (Å²) >= 11 is 0. The van der Waals surface area contributed by atoms with Gasteiger partial charge in [-0.3, -0.25) is 9.59 Å². The maximum absolute atomic E-state index is 13.2. The third-order valence-corrected chi connectivity index (χ3v) is 6.70. The van der Waals surface area contributed by atoms with Crippen molar-refractivity contribution in [3.63, 3.8) is 0 Å². The standard InChI is InChI=1S/C28H36N2O5/c1-5-20(4)25(26(32)33)30-27(34)28(12-6-7-13-28)35-23-10-8-21(9-11-23)17-24(31)29-22-15-18(2)14-19(3)16-22/h8-11,14-16,20,25H,5-7,12-13,17H2,1-4H3,(H,29,31)(H,30,34)(H,32,33)/t20-,25-/m1/s1. The van der Waals surface area contributed by atoms with Crippen molar-refractivity contribution in [3.05, 3.63) is 59.2 Å². The van der Waals surface area contributed by atoms with Gasteiger partial charge in [0.1, 0.15) is 11.8 Å². The number of aliphatic carboxylic acids is 1. The number of amides is 2. The van der Waals surface area contributed by atoms with Gasteiger partial charge in [0.15, 0.2) is 5.60 Å². The molecule has 2 atom stereocenters. The van der Waals surface area contributed by atoms with Crippen molar-refractivity contribution < 1.29 is 24.2 Å². The first-order valence-electron chi connectivity index (χ1n) is 12.3. The Bertz CT molecular complexity index is 1040. The monoisotopic (exact) mass is 480 g/mol. The van der Waals surface area contributed by atoms with E-state index in [4.69, 9.17) is 4.74 Å². The van der Waals surface area contributed by atoms with Gasteiger partial charge in [-0.2, -0.15) is 0 Å². The normalized spacial score (nSPS) is 16.2. The minimum absolute atomic E-state index is 0.111. The molecule has 0 aromatic heterocycles. The second-order valence-corrected chi connectivity index (χ2v) is 9.72. The zero-order chi connectivity index (χ0) is 25.6. The fourth-order valence-electron chi connectivity index (χ4n) is 4.62. The number of carboxylic acid groups (broad SMARTS) is 1. The number of benzene rings is 2. The summed E-state index contributed by atoms with van der Waals surface area (Å²) in [6.07, 6.45) is 3.60. The van der Waals surface area contributed by atoms with Gasteiger partial charge < -0.3 is 20.5 Å². The predicted molar refractivity (Wildman–Crippen MR) is 136 cm³/mol. The lowest BCUT2D eigenvalue weighted by Gasteiger charge is -2.31. The molecule has 2 amide bonds. The maximum Gasteiger partial charge on any atom is 0.326 e. The number of rotatable bonds is 10. The van der Waals surface area contributed by atoms with E-state index in [9.17, 15) is 19.5 Å². The largest absolute Gasteiger partial charge is 0.480 e. The van der Waals surface area contributed by atoms with Gasteiger partial charge in [-0.15, -0.1) is 0 Å². The average Bonchev–Trinajstić information content (AvgIpc) is 3.27. The highest BCUT2D eigenvalue weighted by Gasteiger charge is 2.45. The second-order valence-electron chi connectivity index (χ2n) is 9.72. The topological polar surface area (TPSA) is 105 Å². The van der Waals surface area contributed by atoms with Crippen LogP contribution in [0.3, 0.4) is 0 Å². The zero-order valence-corrected chi connectivity index (χ0v) is 21.0. The Morgan fingerprint density at radius 1 is 1.03 bits per heavy atom. The van der Waals surface area contributed by atoms with Gasteiger partial charge in [-0.25, -0.2) is 4.79 Å². The Morgan fingerprint density at radius 3 is 2.17 bits per heavy atom. The van der Waals surface area contributed by atoms with Crippen LogP contribution in [0.15, 0.2) is 42.5 Å². The van der Waals surface area contributed by atoms with E-state index in [1.54, 1.807) is 12.1 Å². The summed E-state index contributed by atoms with van der Waals surface area (Å²) in [5.74, 6) is -1.19. The van der Waals surface area contributed by atoms with Crippen molar-refractivity contribution in [3.8, 4) is 5.75 Å². The van der Waals surface area contributed by atoms with Crippen molar-refractivity contribution in [1.29, 1.82) is 0 Å². The van der Waals surface area contributed by atoms with Crippen LogP contribution in [-0.4, -0.2) is 34.5 Å². The van der Waals surface area contributed by atoms with Gasteiger partial charge in [-0.05, 0) is 86.4 Å². The molecule has 7 heteroatoms. The van der Waals surface area contributed by atoms with Crippen LogP contribution in [0.2, 0.25) is 0 Å². The number of hydrogen-bond acceptors (Lipinski definition) is 4. The van der Waals surface area contributed by atoms with Crippen LogP contribution in [-0.2, 0) is 20.8 Å². The number of nitrogens with one attached hydrogen (secondary N) is 2. The molecule has 0 unspecified atom stereocenters. The molecular formula is C28H36N2O5. The number of ether oxygens (including phenoxy) is 1. The number of hydrogen-bond donors (Lipinski definition) is 3. The fraction of sp³-hybridized carbons (Fsp3) is 0.464. The third kappa shape index (κ3) is 6.84. The molecule has 188 valence electrons. The molecule has 2 aromatic rings. The highest BCUT2D eigenvalue weighted by molar-refractivity contribution is 5.92. The Morgan fingerprint density at radius 2 is 1.63 bits per heavy atom. The van der Waals surface area contributed by atoms with Crippen LogP contribution >= 0.6 is 0 Å². The molecule has 3 N–H and O–H groups in total. The zero-order valence-electron chi connectivity index (χ0n) is 21.0. The number of carboxylic acids is 1. The lowest BCUT2D eigenvalue weighted by atomic mass is 9.95. The summed E-state index contributed by atoms with van der Waals surface area (Å²) in [4.78, 5) is 37.4. The summed E-state index contributed by atoms with van der Waals surface area (Å²) in [7, 11) is 0. The average molecular weight is 481 g/mol. The summed E-state index contributed by atoms with van der Waals surface area (Å²) in [5.41, 5.74) is 2.70. The third-order valence-electron chi connectivity index (χ3n) is 6.70. The lowest BCUT2D eigenvalue weighted by Crippen LogP contribution is -2.55. The molecule has 1 aliphatic carbocycles. The summed E-state index contributed by atoms with van der Waals surface area (Å²) in [5, 5.41) is 15.2. The second kappa shape index (κ2) is 11.4. The van der Waals surface area contributed by atoms with Crippen LogP contribution in [0.5, 0.6) is 5.75 Å². The van der Waals surface area contributed by atoms with Crippen molar-refractivity contribution in [2.24, 2.45) is 5.92 Å². The Kier molecular flexibility index (Phi) is 8.54. The highest BCUT2D eigenvalue weighted by Crippen LogP contribution is 2.35. The van der Waals surface area contributed by atoms with Gasteiger partial charge in [0, 0.05) is 5.69 Å². The molecule has 35 heavy (non-hydrogen) atoms. The minimum Gasteiger partial charge on any atom is -0.480 e. The van der Waals surface area contributed by atoms with E-state index in [2.05, 4.69) is 16.7 Å². The van der Waals surface area contributed by atoms with E-state index in [0.717, 1.165) is 35.2 Å². The molecule has 0 radical (unpaired) electrons. The van der Waals surface area contributed by atoms with E-state index in [-0.39, 0.29) is 24.2 Å². The van der Waals surface area contributed by atoms with Crippen molar-refractivity contribution in [2.75, 3.05) is 5.32 Å². The summed E-state index contributed by atoms with van der Waals surface area (Å²) < 4.78 is 6.20. The quantitative estimate of drug-likeness (QED) is 0.453. The van der Waals surface area contributed by atoms with Gasteiger partial charge in [0.05, 0.1) is 6.42 Å². The minimum atomic E-state index is -1.08. The van der Waals surface area contributed by atoms with Crippen LogP contribution in [0.25, 0.3) is 0 Å². The SMILES string of the molecule is CC[C@@H](C)[C@@H](NC(=O)C1(Oc2ccc(CC(=O)Nc3cc(C)cc(C)c3)cc2)CCCC1)C(=O)O. The van der Waals surface area contributed by atoms with E-state index in [1.807, 2.05) is 52.0 Å². The van der Waals surface area contributed by atoms with Gasteiger partial charge >= 0.3 is 5.97 Å². The van der Waals surface area contributed by atoms with Crippen LogP contribution in [0, 0.1) is 19.8 Å². The Labute approximate surface area is 207 Å². The van der Waals surface area contributed by atoms with Crippen LogP contribution < -0.4 is 15.4 Å². The maximum atomic E-state index is 13.2. The van der Waals surface area contributed by atoms with Crippen molar-refractivity contribution in [1.82, 2.24) is 5.32 Å². The molecule has 7 nitrogen and oxygen atoms in total. The molecule has 3 rings (SSSR count).